The van der Waals surface area contributed by atoms with Gasteiger partial charge in [-0.2, -0.15) is 0 Å². The number of nitrogen functional groups attached to an aromatic ring is 1. The molecule has 2 aliphatic carbocycles. The number of hydrogen-bond donors (Lipinski definition) is 2. The second kappa shape index (κ2) is 2.78. The normalized spacial score (nSPS) is 31.9. The first-order valence-corrected chi connectivity index (χ1v) is 6.05. The van der Waals surface area contributed by atoms with Gasteiger partial charge in [0.25, 0.3) is 0 Å². The first-order chi connectivity index (χ1) is 7.81. The van der Waals surface area contributed by atoms with E-state index < -0.39 is 0 Å². The highest BCUT2D eigenvalue weighted by atomic mass is 14.9. The van der Waals surface area contributed by atoms with E-state index in [4.69, 9.17) is 5.73 Å². The van der Waals surface area contributed by atoms with Crippen molar-refractivity contribution in [2.45, 2.75) is 25.2 Å². The van der Waals surface area contributed by atoms with Crippen LogP contribution in [0, 0.1) is 11.8 Å². The van der Waals surface area contributed by atoms with Crippen molar-refractivity contribution in [1.29, 1.82) is 0 Å². The SMILES string of the molecule is Nc1cccc2[nH]c(C3CC4CC4C3)nc12. The lowest BCUT2D eigenvalue weighted by Gasteiger charge is -2.06. The minimum Gasteiger partial charge on any atom is -0.397 e. The van der Waals surface area contributed by atoms with Crippen molar-refractivity contribution in [2.75, 3.05) is 5.73 Å². The zero-order valence-electron chi connectivity index (χ0n) is 9.11. The maximum absolute atomic E-state index is 5.92. The van der Waals surface area contributed by atoms with Gasteiger partial charge in [-0.1, -0.05) is 6.07 Å². The molecule has 0 saturated heterocycles. The summed E-state index contributed by atoms with van der Waals surface area (Å²) in [5, 5.41) is 0. The minimum atomic E-state index is 0.649. The van der Waals surface area contributed by atoms with Crippen molar-refractivity contribution >= 4 is 16.7 Å². The van der Waals surface area contributed by atoms with E-state index in [2.05, 4.69) is 16.0 Å². The van der Waals surface area contributed by atoms with E-state index in [0.717, 1.165) is 34.4 Å². The van der Waals surface area contributed by atoms with Gasteiger partial charge in [-0.15, -0.1) is 0 Å². The second-order valence-corrected chi connectivity index (χ2v) is 5.29. The Hall–Kier alpha value is -1.51. The largest absolute Gasteiger partial charge is 0.397 e. The molecule has 1 aromatic carbocycles. The molecule has 82 valence electrons. The fraction of sp³-hybridized carbons (Fsp3) is 0.462. The van der Waals surface area contributed by atoms with Crippen molar-refractivity contribution in [1.82, 2.24) is 9.97 Å². The molecule has 16 heavy (non-hydrogen) atoms. The number of anilines is 1. The van der Waals surface area contributed by atoms with Crippen LogP contribution in [0.1, 0.15) is 31.0 Å². The molecule has 2 aromatic rings. The van der Waals surface area contributed by atoms with Crippen molar-refractivity contribution in [3.63, 3.8) is 0 Å². The molecule has 1 aromatic heterocycles. The molecule has 3 N–H and O–H groups in total. The molecule has 3 heteroatoms. The Morgan fingerprint density at radius 2 is 2.00 bits per heavy atom. The van der Waals surface area contributed by atoms with Gasteiger partial charge in [-0.25, -0.2) is 4.98 Å². The Balaban J connectivity index is 1.78. The predicted molar refractivity (Wildman–Crippen MR) is 64.1 cm³/mol. The van der Waals surface area contributed by atoms with Crippen LogP contribution in [0.4, 0.5) is 5.69 Å². The van der Waals surface area contributed by atoms with Crippen LogP contribution < -0.4 is 5.73 Å². The van der Waals surface area contributed by atoms with E-state index in [1.54, 1.807) is 0 Å². The van der Waals surface area contributed by atoms with E-state index in [0.29, 0.717) is 5.92 Å². The fourth-order valence-corrected chi connectivity index (χ4v) is 3.20. The first kappa shape index (κ1) is 8.62. The Bertz CT molecular complexity index is 547. The molecular formula is C13H15N3. The van der Waals surface area contributed by atoms with Gasteiger partial charge in [0.2, 0.25) is 0 Å². The van der Waals surface area contributed by atoms with E-state index in [-0.39, 0.29) is 0 Å². The van der Waals surface area contributed by atoms with Crippen LogP contribution in [0.25, 0.3) is 11.0 Å². The molecule has 0 bridgehead atoms. The number of aromatic amines is 1. The quantitative estimate of drug-likeness (QED) is 0.715. The zero-order valence-corrected chi connectivity index (χ0v) is 9.11. The number of hydrogen-bond acceptors (Lipinski definition) is 2. The van der Waals surface area contributed by atoms with Gasteiger partial charge in [0.05, 0.1) is 11.2 Å². The summed E-state index contributed by atoms with van der Waals surface area (Å²) in [6.07, 6.45) is 4.10. The predicted octanol–water partition coefficient (Wildman–Crippen LogP) is 2.66. The molecular weight excluding hydrogens is 198 g/mol. The van der Waals surface area contributed by atoms with E-state index in [1.165, 1.54) is 19.3 Å². The van der Waals surface area contributed by atoms with Crippen molar-refractivity contribution in [2.24, 2.45) is 11.8 Å². The number of nitrogens with one attached hydrogen (secondary N) is 1. The third-order valence-corrected chi connectivity index (χ3v) is 4.19. The number of benzene rings is 1. The molecule has 2 aliphatic rings. The molecule has 0 spiro atoms. The Morgan fingerprint density at radius 1 is 1.19 bits per heavy atom. The molecule has 0 amide bonds. The van der Waals surface area contributed by atoms with Crippen molar-refractivity contribution in [3.05, 3.63) is 24.0 Å². The standard InChI is InChI=1S/C13H15N3/c14-10-2-1-3-11-12(10)16-13(15-11)9-5-7-4-8(7)6-9/h1-3,7-9H,4-6,14H2,(H,15,16). The summed E-state index contributed by atoms with van der Waals surface area (Å²) >= 11 is 0. The lowest BCUT2D eigenvalue weighted by atomic mass is 10.0. The van der Waals surface area contributed by atoms with E-state index >= 15 is 0 Å². The van der Waals surface area contributed by atoms with Crippen LogP contribution in [0.3, 0.4) is 0 Å². The highest BCUT2D eigenvalue weighted by molar-refractivity contribution is 5.86. The smallest absolute Gasteiger partial charge is 0.111 e. The molecule has 0 aliphatic heterocycles. The van der Waals surface area contributed by atoms with Crippen LogP contribution in [-0.2, 0) is 0 Å². The first-order valence-electron chi connectivity index (χ1n) is 6.05. The summed E-state index contributed by atoms with van der Waals surface area (Å²) in [6.45, 7) is 0. The van der Waals surface area contributed by atoms with Gasteiger partial charge in [0, 0.05) is 5.92 Å². The summed E-state index contributed by atoms with van der Waals surface area (Å²) in [6, 6.07) is 5.95. The lowest BCUT2D eigenvalue weighted by Crippen LogP contribution is -1.97. The van der Waals surface area contributed by atoms with Crippen LogP contribution in [0.15, 0.2) is 18.2 Å². The highest BCUT2D eigenvalue weighted by Crippen LogP contribution is 2.57. The molecule has 3 nitrogen and oxygen atoms in total. The fourth-order valence-electron chi connectivity index (χ4n) is 3.20. The van der Waals surface area contributed by atoms with Gasteiger partial charge < -0.3 is 10.7 Å². The average Bonchev–Trinajstić information content (AvgIpc) is 2.77. The summed E-state index contributed by atoms with van der Waals surface area (Å²) in [7, 11) is 0. The Kier molecular flexibility index (Phi) is 1.50. The molecule has 1 heterocycles. The molecule has 4 rings (SSSR count). The van der Waals surface area contributed by atoms with E-state index in [9.17, 15) is 0 Å². The minimum absolute atomic E-state index is 0.649. The number of H-pyrrole nitrogens is 1. The number of fused-ring (bicyclic) bond motifs is 2. The van der Waals surface area contributed by atoms with Crippen molar-refractivity contribution in [3.8, 4) is 0 Å². The summed E-state index contributed by atoms with van der Waals surface area (Å²) in [5.74, 6) is 3.79. The number of para-hydroxylation sites is 1. The van der Waals surface area contributed by atoms with E-state index in [1.807, 2.05) is 12.1 Å². The maximum atomic E-state index is 5.92. The molecule has 0 radical (unpaired) electrons. The van der Waals surface area contributed by atoms with Gasteiger partial charge >= 0.3 is 0 Å². The zero-order chi connectivity index (χ0) is 10.7. The van der Waals surface area contributed by atoms with Crippen molar-refractivity contribution < 1.29 is 0 Å². The lowest BCUT2D eigenvalue weighted by molar-refractivity contribution is 0.597. The molecule has 2 atom stereocenters. The van der Waals surface area contributed by atoms with Gasteiger partial charge in [-0.3, -0.25) is 0 Å². The van der Waals surface area contributed by atoms with Gasteiger partial charge in [-0.05, 0) is 43.2 Å². The number of aromatic nitrogens is 2. The molecule has 2 saturated carbocycles. The molecule has 2 unspecified atom stereocenters. The van der Waals surface area contributed by atoms with Crippen LogP contribution >= 0.6 is 0 Å². The Labute approximate surface area is 94.1 Å². The summed E-state index contributed by atoms with van der Waals surface area (Å²) in [4.78, 5) is 8.10. The third kappa shape index (κ3) is 1.11. The van der Waals surface area contributed by atoms with Crippen LogP contribution in [-0.4, -0.2) is 9.97 Å². The second-order valence-electron chi connectivity index (χ2n) is 5.29. The Morgan fingerprint density at radius 3 is 2.75 bits per heavy atom. The number of rotatable bonds is 1. The maximum Gasteiger partial charge on any atom is 0.111 e. The summed E-state index contributed by atoms with van der Waals surface area (Å²) < 4.78 is 0. The van der Waals surface area contributed by atoms with Gasteiger partial charge in [0.15, 0.2) is 0 Å². The van der Waals surface area contributed by atoms with Gasteiger partial charge in [0.1, 0.15) is 11.3 Å². The average molecular weight is 213 g/mol. The summed E-state index contributed by atoms with van der Waals surface area (Å²) in [5.41, 5.74) is 8.72. The topological polar surface area (TPSA) is 54.7 Å². The van der Waals surface area contributed by atoms with Crippen LogP contribution in [0.5, 0.6) is 0 Å². The number of nitrogens with zero attached hydrogens (tertiary/aromatic N) is 1. The highest BCUT2D eigenvalue weighted by Gasteiger charge is 2.46. The number of nitrogens with two attached hydrogens (primary N) is 1. The monoisotopic (exact) mass is 213 g/mol. The van der Waals surface area contributed by atoms with Crippen LogP contribution in [0.2, 0.25) is 0 Å². The third-order valence-electron chi connectivity index (χ3n) is 4.19. The number of imidazole rings is 1. The molecule has 2 fully saturated rings.